The predicted molar refractivity (Wildman–Crippen MR) is 29.0 cm³/mol. The summed E-state index contributed by atoms with van der Waals surface area (Å²) in [5, 5.41) is -0.377. The largest absolute Gasteiger partial charge is 0.460 e. The molecule has 0 amide bonds. The van der Waals surface area contributed by atoms with E-state index in [4.69, 9.17) is 0 Å². The fraction of sp³-hybridized carbons (Fsp3) is 0.500. The highest BCUT2D eigenvalue weighted by atomic mass is 33.1. The fourth-order valence-corrected chi connectivity index (χ4v) is 0.335. The van der Waals surface area contributed by atoms with Crippen molar-refractivity contribution in [3.8, 4) is 0 Å². The highest BCUT2D eigenvalue weighted by Gasteiger charge is 1.90. The van der Waals surface area contributed by atoms with E-state index in [1.165, 1.54) is 7.11 Å². The van der Waals surface area contributed by atoms with Gasteiger partial charge in [0.25, 0.3) is 0 Å². The summed E-state index contributed by atoms with van der Waals surface area (Å²) in [6.45, 7) is 0. The molecule has 0 rings (SSSR count). The Hall–Kier alpha value is 0.170. The fourth-order valence-electron chi connectivity index (χ4n) is 0.0373. The number of thiol groups is 1. The van der Waals surface area contributed by atoms with Crippen LogP contribution in [0.25, 0.3) is 0 Å². The van der Waals surface area contributed by atoms with Crippen LogP contribution in [0.5, 0.6) is 0 Å². The molecule has 0 fully saturated rings. The third-order valence-electron chi connectivity index (χ3n) is 0.241. The van der Waals surface area contributed by atoms with E-state index in [-0.39, 0.29) is 5.30 Å². The molecule has 0 atom stereocenters. The molecule has 0 N–H and O–H groups in total. The van der Waals surface area contributed by atoms with Crippen LogP contribution in [0.4, 0.5) is 4.79 Å². The lowest BCUT2D eigenvalue weighted by molar-refractivity contribution is 0.200. The second-order valence-electron chi connectivity index (χ2n) is 0.545. The second-order valence-corrected chi connectivity index (χ2v) is 1.61. The van der Waals surface area contributed by atoms with Crippen molar-refractivity contribution in [3.05, 3.63) is 0 Å². The Morgan fingerprint density at radius 3 is 2.50 bits per heavy atom. The van der Waals surface area contributed by atoms with Crippen LogP contribution in [0.2, 0.25) is 0 Å². The van der Waals surface area contributed by atoms with E-state index >= 15 is 0 Å². The van der Waals surface area contributed by atoms with Crippen LogP contribution >= 0.6 is 22.5 Å². The maximum atomic E-state index is 9.84. The van der Waals surface area contributed by atoms with Crippen molar-refractivity contribution in [2.45, 2.75) is 0 Å². The Bertz CT molecular complexity index is 47.5. The smallest absolute Gasteiger partial charge is 0.377 e. The van der Waals surface area contributed by atoms with Gasteiger partial charge in [0.15, 0.2) is 0 Å². The summed E-state index contributed by atoms with van der Waals surface area (Å²) in [5.74, 6) is 0. The summed E-state index contributed by atoms with van der Waals surface area (Å²) in [6, 6.07) is 0. The Balaban J connectivity index is 2.99. The van der Waals surface area contributed by atoms with E-state index in [0.717, 1.165) is 10.8 Å². The van der Waals surface area contributed by atoms with Gasteiger partial charge in [-0.1, -0.05) is 11.7 Å². The van der Waals surface area contributed by atoms with Crippen molar-refractivity contribution in [2.24, 2.45) is 0 Å². The minimum Gasteiger partial charge on any atom is -0.460 e. The first-order valence-electron chi connectivity index (χ1n) is 1.20. The maximum absolute atomic E-state index is 9.84. The summed E-state index contributed by atoms with van der Waals surface area (Å²) in [7, 11) is 2.07. The van der Waals surface area contributed by atoms with E-state index in [1.807, 2.05) is 0 Å². The van der Waals surface area contributed by atoms with Crippen molar-refractivity contribution >= 4 is 27.8 Å². The molecule has 0 saturated carbocycles. The minimum atomic E-state index is -0.377. The molecule has 0 aromatic heterocycles. The summed E-state index contributed by atoms with van der Waals surface area (Å²) < 4.78 is 4.15. The van der Waals surface area contributed by atoms with Gasteiger partial charge >= 0.3 is 5.30 Å². The van der Waals surface area contributed by atoms with Crippen LogP contribution in [0.15, 0.2) is 0 Å². The first-order chi connectivity index (χ1) is 2.81. The summed E-state index contributed by atoms with van der Waals surface area (Å²) in [6.07, 6.45) is 0. The van der Waals surface area contributed by atoms with E-state index in [1.54, 1.807) is 0 Å². The molecular formula is C2H4O2S2. The Labute approximate surface area is 45.1 Å². The van der Waals surface area contributed by atoms with Gasteiger partial charge in [0.05, 0.1) is 7.11 Å². The van der Waals surface area contributed by atoms with E-state index in [9.17, 15) is 4.79 Å². The van der Waals surface area contributed by atoms with E-state index in [0.29, 0.717) is 0 Å². The zero-order valence-corrected chi connectivity index (χ0v) is 4.88. The van der Waals surface area contributed by atoms with Crippen LogP contribution < -0.4 is 0 Å². The maximum Gasteiger partial charge on any atom is 0.377 e. The number of methoxy groups -OCH3 is 1. The van der Waals surface area contributed by atoms with E-state index < -0.39 is 0 Å². The third-order valence-corrected chi connectivity index (χ3v) is 1.00. The quantitative estimate of drug-likeness (QED) is 0.300. The van der Waals surface area contributed by atoms with Crippen molar-refractivity contribution in [3.63, 3.8) is 0 Å². The van der Waals surface area contributed by atoms with Gasteiger partial charge in [-0.15, -0.1) is 0 Å². The number of hydrogen-bond acceptors (Lipinski definition) is 4. The standard InChI is InChI=1S/C2H4O2S2/c1-4-2(3)6-5/h5H,1H3. The first kappa shape index (κ1) is 6.17. The molecule has 0 aromatic rings. The number of hydrogen-bond donors (Lipinski definition) is 1. The molecule has 4 heteroatoms. The molecule has 0 spiro atoms. The average molecular weight is 124 g/mol. The first-order valence-corrected chi connectivity index (χ1v) is 3.07. The topological polar surface area (TPSA) is 26.3 Å². The molecule has 0 bridgehead atoms. The van der Waals surface area contributed by atoms with Gasteiger partial charge in [0, 0.05) is 10.8 Å². The van der Waals surface area contributed by atoms with Gasteiger partial charge in [-0.3, -0.25) is 0 Å². The van der Waals surface area contributed by atoms with Crippen molar-refractivity contribution in [1.82, 2.24) is 0 Å². The molecule has 0 aliphatic rings. The van der Waals surface area contributed by atoms with Gasteiger partial charge in [-0.2, -0.15) is 0 Å². The van der Waals surface area contributed by atoms with Gasteiger partial charge in [-0.25, -0.2) is 4.79 Å². The Morgan fingerprint density at radius 2 is 2.50 bits per heavy atom. The number of rotatable bonds is 0. The number of ether oxygens (including phenoxy) is 1. The minimum absolute atomic E-state index is 0.377. The molecular weight excluding hydrogens is 120 g/mol. The Morgan fingerprint density at radius 1 is 2.00 bits per heavy atom. The lowest BCUT2D eigenvalue weighted by Crippen LogP contribution is -1.84. The molecule has 36 valence electrons. The summed E-state index contributed by atoms with van der Waals surface area (Å²) >= 11 is 3.54. The zero-order chi connectivity index (χ0) is 4.99. The highest BCUT2D eigenvalue weighted by Crippen LogP contribution is 2.06. The molecule has 0 radical (unpaired) electrons. The third kappa shape index (κ3) is 2.41. The van der Waals surface area contributed by atoms with Crippen molar-refractivity contribution < 1.29 is 9.53 Å². The molecule has 6 heavy (non-hydrogen) atoms. The van der Waals surface area contributed by atoms with Crippen LogP contribution in [0.3, 0.4) is 0 Å². The van der Waals surface area contributed by atoms with Gasteiger partial charge in [0.1, 0.15) is 0 Å². The van der Waals surface area contributed by atoms with Gasteiger partial charge < -0.3 is 4.74 Å². The lowest BCUT2D eigenvalue weighted by atomic mass is 11.5. The van der Waals surface area contributed by atoms with Crippen LogP contribution in [0, 0.1) is 0 Å². The lowest BCUT2D eigenvalue weighted by Gasteiger charge is -1.85. The molecule has 0 unspecified atom stereocenters. The molecule has 0 aliphatic heterocycles. The molecule has 0 aromatic carbocycles. The summed E-state index contributed by atoms with van der Waals surface area (Å²) in [5.41, 5.74) is 0. The van der Waals surface area contributed by atoms with Crippen molar-refractivity contribution in [2.75, 3.05) is 7.11 Å². The molecule has 0 saturated heterocycles. The Kier molecular flexibility index (Phi) is 3.46. The summed E-state index contributed by atoms with van der Waals surface area (Å²) in [4.78, 5) is 9.84. The number of carbonyl (C=O) groups is 1. The van der Waals surface area contributed by atoms with Crippen LogP contribution in [-0.4, -0.2) is 12.4 Å². The average Bonchev–Trinajstić information content (AvgIpc) is 1.65. The monoisotopic (exact) mass is 124 g/mol. The number of carbonyl (C=O) groups excluding carboxylic acids is 1. The van der Waals surface area contributed by atoms with Crippen LogP contribution in [-0.2, 0) is 4.74 Å². The second kappa shape index (κ2) is 3.36. The molecule has 0 heterocycles. The molecule has 2 nitrogen and oxygen atoms in total. The van der Waals surface area contributed by atoms with Crippen LogP contribution in [0.1, 0.15) is 0 Å². The normalized spacial score (nSPS) is 7.67. The highest BCUT2D eigenvalue weighted by molar-refractivity contribution is 8.74. The van der Waals surface area contributed by atoms with E-state index in [2.05, 4.69) is 16.4 Å². The zero-order valence-electron chi connectivity index (χ0n) is 3.17. The van der Waals surface area contributed by atoms with Gasteiger partial charge in [-0.05, 0) is 0 Å². The SMILES string of the molecule is COC(=O)SS. The van der Waals surface area contributed by atoms with Gasteiger partial charge in [0.2, 0.25) is 0 Å². The molecule has 0 aliphatic carbocycles. The van der Waals surface area contributed by atoms with Crippen molar-refractivity contribution in [1.29, 1.82) is 0 Å². The predicted octanol–water partition coefficient (Wildman–Crippen LogP) is 1.33.